The number of phenolic OH excluding ortho intramolecular Hbond substituents is 1. The Morgan fingerprint density at radius 1 is 1.35 bits per heavy atom. The van der Waals surface area contributed by atoms with E-state index in [-0.39, 0.29) is 5.75 Å². The van der Waals surface area contributed by atoms with Crippen LogP contribution in [0.3, 0.4) is 0 Å². The molecule has 0 aliphatic rings. The molecule has 0 bridgehead atoms. The number of rotatable bonds is 7. The van der Waals surface area contributed by atoms with E-state index < -0.39 is 0 Å². The highest BCUT2D eigenvalue weighted by Crippen LogP contribution is 2.38. The summed E-state index contributed by atoms with van der Waals surface area (Å²) in [6.07, 6.45) is 4.18. The largest absolute Gasteiger partial charge is 0.504 e. The second-order valence-electron chi connectivity index (χ2n) is 4.31. The summed E-state index contributed by atoms with van der Waals surface area (Å²) in [7, 11) is 1.58. The quantitative estimate of drug-likeness (QED) is 0.766. The maximum Gasteiger partial charge on any atom is 0.161 e. The average Bonchev–Trinajstić information content (AvgIpc) is 2.35. The van der Waals surface area contributed by atoms with Gasteiger partial charge in [0.15, 0.2) is 11.5 Å². The minimum Gasteiger partial charge on any atom is -0.504 e. The number of ether oxygens (including phenoxy) is 1. The highest BCUT2D eigenvalue weighted by molar-refractivity contribution is 5.47. The molecule has 0 spiro atoms. The number of benzene rings is 1. The number of aromatic hydroxyl groups is 1. The lowest BCUT2D eigenvalue weighted by Gasteiger charge is -2.18. The Morgan fingerprint density at radius 3 is 2.71 bits per heavy atom. The molecule has 3 heteroatoms. The second-order valence-corrected chi connectivity index (χ2v) is 4.31. The summed E-state index contributed by atoms with van der Waals surface area (Å²) in [4.78, 5) is 0. The first kappa shape index (κ1) is 13.8. The van der Waals surface area contributed by atoms with Crippen LogP contribution in [0.5, 0.6) is 11.5 Å². The van der Waals surface area contributed by atoms with Crippen molar-refractivity contribution < 1.29 is 9.84 Å². The van der Waals surface area contributed by atoms with Gasteiger partial charge in [0.05, 0.1) is 7.11 Å². The summed E-state index contributed by atoms with van der Waals surface area (Å²) in [5.74, 6) is 1.21. The molecule has 3 N–H and O–H groups in total. The number of nitrogens with two attached hydrogens (primary N) is 1. The summed E-state index contributed by atoms with van der Waals surface area (Å²) in [5.41, 5.74) is 6.54. The molecule has 0 amide bonds. The second kappa shape index (κ2) is 7.17. The third-order valence-corrected chi connectivity index (χ3v) is 3.08. The van der Waals surface area contributed by atoms with E-state index in [0.717, 1.165) is 31.2 Å². The molecule has 96 valence electrons. The van der Waals surface area contributed by atoms with Crippen LogP contribution in [0.15, 0.2) is 18.2 Å². The minimum absolute atomic E-state index is 0.283. The monoisotopic (exact) mass is 237 g/mol. The van der Waals surface area contributed by atoms with E-state index >= 15 is 0 Å². The predicted octanol–water partition coefficient (Wildman–Crippen LogP) is 3.02. The van der Waals surface area contributed by atoms with Gasteiger partial charge in [-0.2, -0.15) is 0 Å². The molecule has 1 aromatic rings. The van der Waals surface area contributed by atoms with Gasteiger partial charge in [-0.15, -0.1) is 0 Å². The van der Waals surface area contributed by atoms with Gasteiger partial charge in [0.2, 0.25) is 0 Å². The number of para-hydroxylation sites is 1. The smallest absolute Gasteiger partial charge is 0.161 e. The van der Waals surface area contributed by atoms with Crippen LogP contribution in [-0.4, -0.2) is 18.8 Å². The summed E-state index contributed by atoms with van der Waals surface area (Å²) in [6.45, 7) is 2.86. The molecule has 0 fully saturated rings. The summed E-state index contributed by atoms with van der Waals surface area (Å²) in [6, 6.07) is 5.69. The van der Waals surface area contributed by atoms with Crippen molar-refractivity contribution in [2.45, 2.75) is 38.5 Å². The van der Waals surface area contributed by atoms with Gasteiger partial charge < -0.3 is 15.6 Å². The third kappa shape index (κ3) is 3.63. The molecule has 0 aromatic heterocycles. The number of phenols is 1. The fourth-order valence-electron chi connectivity index (χ4n) is 2.20. The standard InChI is InChI=1S/C14H23NO2/c1-3-6-11(7-5-10-15)12-8-4-9-13(17-2)14(12)16/h4,8-9,11,16H,3,5-7,10,15H2,1-2H3. The average molecular weight is 237 g/mol. The number of hydrogen-bond acceptors (Lipinski definition) is 3. The Bertz CT molecular complexity index is 339. The Kier molecular flexibility index (Phi) is 5.84. The lowest BCUT2D eigenvalue weighted by Crippen LogP contribution is -2.05. The Balaban J connectivity index is 2.92. The molecule has 0 saturated carbocycles. The van der Waals surface area contributed by atoms with Gasteiger partial charge in [-0.25, -0.2) is 0 Å². The van der Waals surface area contributed by atoms with Crippen LogP contribution in [0.4, 0.5) is 0 Å². The Labute approximate surface area is 104 Å². The van der Waals surface area contributed by atoms with Crippen LogP contribution < -0.4 is 10.5 Å². The van der Waals surface area contributed by atoms with Crippen LogP contribution in [0.2, 0.25) is 0 Å². The van der Waals surface area contributed by atoms with Gasteiger partial charge in [-0.05, 0) is 37.8 Å². The minimum atomic E-state index is 0.283. The molecule has 17 heavy (non-hydrogen) atoms. The summed E-state index contributed by atoms with van der Waals surface area (Å²) >= 11 is 0. The summed E-state index contributed by atoms with van der Waals surface area (Å²) < 4.78 is 5.14. The fraction of sp³-hybridized carbons (Fsp3) is 0.571. The van der Waals surface area contributed by atoms with Crippen molar-refractivity contribution in [1.82, 2.24) is 0 Å². The van der Waals surface area contributed by atoms with Crippen molar-refractivity contribution in [3.8, 4) is 11.5 Å². The maximum absolute atomic E-state index is 10.1. The van der Waals surface area contributed by atoms with Crippen LogP contribution in [-0.2, 0) is 0 Å². The van der Waals surface area contributed by atoms with E-state index in [1.165, 1.54) is 0 Å². The van der Waals surface area contributed by atoms with Crippen molar-refractivity contribution in [2.24, 2.45) is 5.73 Å². The third-order valence-electron chi connectivity index (χ3n) is 3.08. The first-order valence-corrected chi connectivity index (χ1v) is 6.30. The van der Waals surface area contributed by atoms with Gasteiger partial charge >= 0.3 is 0 Å². The van der Waals surface area contributed by atoms with E-state index in [4.69, 9.17) is 10.5 Å². The topological polar surface area (TPSA) is 55.5 Å². The molecule has 1 aromatic carbocycles. The Hall–Kier alpha value is -1.22. The molecule has 0 radical (unpaired) electrons. The zero-order valence-electron chi connectivity index (χ0n) is 10.8. The molecule has 3 nitrogen and oxygen atoms in total. The fourth-order valence-corrected chi connectivity index (χ4v) is 2.20. The van der Waals surface area contributed by atoms with E-state index in [0.29, 0.717) is 18.2 Å². The first-order chi connectivity index (χ1) is 8.24. The molecule has 1 unspecified atom stereocenters. The van der Waals surface area contributed by atoms with Crippen LogP contribution >= 0.6 is 0 Å². The van der Waals surface area contributed by atoms with Crippen LogP contribution in [0, 0.1) is 0 Å². The van der Waals surface area contributed by atoms with Gasteiger partial charge in [-0.1, -0.05) is 25.5 Å². The highest BCUT2D eigenvalue weighted by Gasteiger charge is 2.16. The number of methoxy groups -OCH3 is 1. The first-order valence-electron chi connectivity index (χ1n) is 6.30. The van der Waals surface area contributed by atoms with Gasteiger partial charge in [0, 0.05) is 5.56 Å². The molecule has 0 heterocycles. The maximum atomic E-state index is 10.1. The predicted molar refractivity (Wildman–Crippen MR) is 70.6 cm³/mol. The Morgan fingerprint density at radius 2 is 2.12 bits per heavy atom. The van der Waals surface area contributed by atoms with E-state index in [1.807, 2.05) is 12.1 Å². The zero-order chi connectivity index (χ0) is 12.7. The normalized spacial score (nSPS) is 12.4. The molecular weight excluding hydrogens is 214 g/mol. The van der Waals surface area contributed by atoms with Crippen LogP contribution in [0.1, 0.15) is 44.1 Å². The molecule has 1 rings (SSSR count). The number of hydrogen-bond donors (Lipinski definition) is 2. The van der Waals surface area contributed by atoms with Gasteiger partial charge in [-0.3, -0.25) is 0 Å². The van der Waals surface area contributed by atoms with Crippen molar-refractivity contribution in [3.05, 3.63) is 23.8 Å². The van der Waals surface area contributed by atoms with Crippen molar-refractivity contribution >= 4 is 0 Å². The lowest BCUT2D eigenvalue weighted by molar-refractivity contribution is 0.366. The van der Waals surface area contributed by atoms with Crippen molar-refractivity contribution in [2.75, 3.05) is 13.7 Å². The molecule has 0 aliphatic heterocycles. The van der Waals surface area contributed by atoms with Gasteiger partial charge in [0.1, 0.15) is 0 Å². The zero-order valence-corrected chi connectivity index (χ0v) is 10.8. The molecule has 1 atom stereocenters. The highest BCUT2D eigenvalue weighted by atomic mass is 16.5. The van der Waals surface area contributed by atoms with E-state index in [1.54, 1.807) is 13.2 Å². The van der Waals surface area contributed by atoms with Crippen molar-refractivity contribution in [1.29, 1.82) is 0 Å². The van der Waals surface area contributed by atoms with Crippen molar-refractivity contribution in [3.63, 3.8) is 0 Å². The van der Waals surface area contributed by atoms with E-state index in [2.05, 4.69) is 6.92 Å². The molecule has 0 saturated heterocycles. The summed E-state index contributed by atoms with van der Waals surface area (Å²) in [5, 5.41) is 10.1. The lowest BCUT2D eigenvalue weighted by atomic mass is 9.89. The van der Waals surface area contributed by atoms with E-state index in [9.17, 15) is 5.11 Å². The SMILES string of the molecule is CCCC(CCCN)c1cccc(OC)c1O. The molecular formula is C14H23NO2. The van der Waals surface area contributed by atoms with Crippen LogP contribution in [0.25, 0.3) is 0 Å². The molecule has 0 aliphatic carbocycles. The van der Waals surface area contributed by atoms with Gasteiger partial charge in [0.25, 0.3) is 0 Å².